The van der Waals surface area contributed by atoms with Gasteiger partial charge in [-0.1, -0.05) is 52.6 Å². The third-order valence-electron chi connectivity index (χ3n) is 5.30. The lowest BCUT2D eigenvalue weighted by Gasteiger charge is -2.32. The number of rotatable bonds is 6. The topological polar surface area (TPSA) is 46.2 Å². The van der Waals surface area contributed by atoms with Crippen molar-refractivity contribution in [3.05, 3.63) is 23.2 Å². The maximum atomic E-state index is 13.4. The first-order valence-corrected chi connectivity index (χ1v) is 11.6. The molecule has 28 heavy (non-hydrogen) atoms. The van der Waals surface area contributed by atoms with Gasteiger partial charge in [0, 0.05) is 20.7 Å². The number of carbonyl (C=O) groups excluding carboxylic acids is 2. The molecule has 0 saturated heterocycles. The molecule has 1 fully saturated rings. The smallest absolute Gasteiger partial charge is 0.232 e. The van der Waals surface area contributed by atoms with Crippen LogP contribution in [0.3, 0.4) is 0 Å². The van der Waals surface area contributed by atoms with Crippen molar-refractivity contribution in [3.8, 4) is 0 Å². The molecule has 2 unspecified atom stereocenters. The van der Waals surface area contributed by atoms with E-state index in [1.807, 2.05) is 20.8 Å². The molecule has 0 radical (unpaired) electrons. The number of thioether (sulfide) groups is 1. The molecule has 1 aliphatic carbocycles. The first-order chi connectivity index (χ1) is 13.0. The molecule has 0 aromatic heterocycles. The lowest BCUT2D eigenvalue weighted by atomic mass is 9.78. The predicted octanol–water partition coefficient (Wildman–Crippen LogP) is 7.16. The lowest BCUT2D eigenvalue weighted by Crippen LogP contribution is -2.40. The van der Waals surface area contributed by atoms with Crippen molar-refractivity contribution < 1.29 is 9.59 Å². The Morgan fingerprint density at radius 1 is 1.32 bits per heavy atom. The zero-order valence-corrected chi connectivity index (χ0v) is 19.7. The molecule has 1 aromatic rings. The monoisotopic (exact) mass is 443 g/mol. The van der Waals surface area contributed by atoms with Gasteiger partial charge in [0.1, 0.15) is 0 Å². The SMILES string of the molecule is CC(C)CCC1(C(=O)Nc2cc(Cl)ccc2SC(=O)C(C)(C)C)CCCC1Cl. The van der Waals surface area contributed by atoms with Crippen LogP contribution >= 0.6 is 35.0 Å². The number of alkyl halides is 1. The molecule has 2 atom stereocenters. The summed E-state index contributed by atoms with van der Waals surface area (Å²) in [4.78, 5) is 26.6. The Bertz CT molecular complexity index is 730. The fourth-order valence-corrected chi connectivity index (χ4v) is 4.92. The van der Waals surface area contributed by atoms with E-state index in [4.69, 9.17) is 23.2 Å². The predicted molar refractivity (Wildman–Crippen MR) is 120 cm³/mol. The summed E-state index contributed by atoms with van der Waals surface area (Å²) in [5.74, 6) is 0.453. The Morgan fingerprint density at radius 3 is 2.54 bits per heavy atom. The van der Waals surface area contributed by atoms with Crippen LogP contribution in [0.1, 0.15) is 66.7 Å². The highest BCUT2D eigenvalue weighted by atomic mass is 35.5. The van der Waals surface area contributed by atoms with Crippen LogP contribution in [0.25, 0.3) is 0 Å². The highest BCUT2D eigenvalue weighted by Gasteiger charge is 2.47. The molecule has 0 spiro atoms. The molecule has 6 heteroatoms. The van der Waals surface area contributed by atoms with E-state index in [2.05, 4.69) is 19.2 Å². The maximum Gasteiger partial charge on any atom is 0.232 e. The zero-order valence-electron chi connectivity index (χ0n) is 17.4. The number of amides is 1. The molecule has 156 valence electrons. The van der Waals surface area contributed by atoms with E-state index < -0.39 is 10.8 Å². The van der Waals surface area contributed by atoms with Crippen LogP contribution < -0.4 is 5.32 Å². The first-order valence-electron chi connectivity index (χ1n) is 9.93. The van der Waals surface area contributed by atoms with E-state index in [9.17, 15) is 9.59 Å². The quantitative estimate of drug-likeness (QED) is 0.374. The van der Waals surface area contributed by atoms with Crippen LogP contribution in [0.5, 0.6) is 0 Å². The molecule has 0 bridgehead atoms. The van der Waals surface area contributed by atoms with Crippen LogP contribution in [0.15, 0.2) is 23.1 Å². The number of carbonyl (C=O) groups is 2. The van der Waals surface area contributed by atoms with E-state index in [-0.39, 0.29) is 16.4 Å². The molecule has 3 nitrogen and oxygen atoms in total. The summed E-state index contributed by atoms with van der Waals surface area (Å²) in [6.45, 7) is 9.97. The van der Waals surface area contributed by atoms with Gasteiger partial charge in [-0.05, 0) is 61.6 Å². The molecule has 2 rings (SSSR count). The minimum atomic E-state index is -0.565. The van der Waals surface area contributed by atoms with E-state index in [1.54, 1.807) is 18.2 Å². The number of halogens is 2. The summed E-state index contributed by atoms with van der Waals surface area (Å²) >= 11 is 14.0. The van der Waals surface area contributed by atoms with Gasteiger partial charge in [-0.15, -0.1) is 11.6 Å². The first kappa shape index (κ1) is 23.6. The van der Waals surface area contributed by atoms with Gasteiger partial charge in [-0.3, -0.25) is 9.59 Å². The normalized spacial score (nSPS) is 22.5. The van der Waals surface area contributed by atoms with Crippen molar-refractivity contribution in [1.82, 2.24) is 0 Å². The third-order valence-corrected chi connectivity index (χ3v) is 7.55. The Morgan fingerprint density at radius 2 is 2.00 bits per heavy atom. The zero-order chi connectivity index (χ0) is 21.1. The van der Waals surface area contributed by atoms with Gasteiger partial charge in [-0.25, -0.2) is 0 Å². The second-order valence-corrected chi connectivity index (χ2v) is 11.2. The molecular weight excluding hydrogens is 413 g/mol. The third kappa shape index (κ3) is 5.67. The van der Waals surface area contributed by atoms with Gasteiger partial charge in [0.05, 0.1) is 11.1 Å². The van der Waals surface area contributed by atoms with Crippen molar-refractivity contribution in [2.45, 2.75) is 77.0 Å². The van der Waals surface area contributed by atoms with E-state index in [0.29, 0.717) is 21.5 Å². The molecule has 0 aliphatic heterocycles. The van der Waals surface area contributed by atoms with Gasteiger partial charge in [0.15, 0.2) is 5.12 Å². The molecule has 1 aromatic carbocycles. The Balaban J connectivity index is 2.28. The van der Waals surface area contributed by atoms with Crippen molar-refractivity contribution in [3.63, 3.8) is 0 Å². The highest BCUT2D eigenvalue weighted by molar-refractivity contribution is 8.13. The minimum absolute atomic E-state index is 0.0379. The summed E-state index contributed by atoms with van der Waals surface area (Å²) < 4.78 is 0. The van der Waals surface area contributed by atoms with Crippen LogP contribution in [0, 0.1) is 16.7 Å². The Hall–Kier alpha value is -0.710. The van der Waals surface area contributed by atoms with Crippen LogP contribution in [0.2, 0.25) is 5.02 Å². The fourth-order valence-electron chi connectivity index (χ4n) is 3.42. The summed E-state index contributed by atoms with van der Waals surface area (Å²) in [6.07, 6.45) is 4.33. The van der Waals surface area contributed by atoms with Gasteiger partial charge >= 0.3 is 0 Å². The van der Waals surface area contributed by atoms with Gasteiger partial charge in [0.25, 0.3) is 0 Å². The maximum absolute atomic E-state index is 13.4. The number of nitrogens with one attached hydrogen (secondary N) is 1. The molecule has 1 amide bonds. The van der Waals surface area contributed by atoms with E-state index >= 15 is 0 Å². The summed E-state index contributed by atoms with van der Waals surface area (Å²) in [6, 6.07) is 5.25. The largest absolute Gasteiger partial charge is 0.324 e. The molecular formula is C22H31Cl2NO2S. The van der Waals surface area contributed by atoms with Crippen molar-refractivity contribution in [2.24, 2.45) is 16.7 Å². The fraction of sp³-hybridized carbons (Fsp3) is 0.636. The molecule has 1 N–H and O–H groups in total. The molecule has 1 aliphatic rings. The van der Waals surface area contributed by atoms with Gasteiger partial charge in [-0.2, -0.15) is 0 Å². The van der Waals surface area contributed by atoms with Crippen LogP contribution in [-0.2, 0) is 9.59 Å². The summed E-state index contributed by atoms with van der Waals surface area (Å²) in [7, 11) is 0. The second-order valence-electron chi connectivity index (χ2n) is 9.18. The van der Waals surface area contributed by atoms with Gasteiger partial charge in [0.2, 0.25) is 5.91 Å². The average molecular weight is 444 g/mol. The average Bonchev–Trinajstić information content (AvgIpc) is 2.96. The lowest BCUT2D eigenvalue weighted by molar-refractivity contribution is -0.125. The molecule has 1 saturated carbocycles. The van der Waals surface area contributed by atoms with Crippen molar-refractivity contribution >= 4 is 51.7 Å². The number of hydrogen-bond acceptors (Lipinski definition) is 3. The van der Waals surface area contributed by atoms with Gasteiger partial charge < -0.3 is 5.32 Å². The van der Waals surface area contributed by atoms with Crippen molar-refractivity contribution in [2.75, 3.05) is 5.32 Å². The second kappa shape index (κ2) is 9.40. The Kier molecular flexibility index (Phi) is 7.91. The summed E-state index contributed by atoms with van der Waals surface area (Å²) in [5.41, 5.74) is -0.458. The van der Waals surface area contributed by atoms with Crippen LogP contribution in [-0.4, -0.2) is 16.4 Å². The standard InChI is InChI=1S/C22H31Cl2NO2S/c1-14(2)10-12-22(11-6-7-18(22)24)19(26)25-16-13-15(23)8-9-17(16)28-20(27)21(3,4)5/h8-9,13-14,18H,6-7,10-12H2,1-5H3,(H,25,26). The Labute approximate surface area is 183 Å². The number of anilines is 1. The highest BCUT2D eigenvalue weighted by Crippen LogP contribution is 2.47. The van der Waals surface area contributed by atoms with E-state index in [1.165, 1.54) is 0 Å². The molecule has 0 heterocycles. The summed E-state index contributed by atoms with van der Waals surface area (Å²) in [5, 5.41) is 3.45. The minimum Gasteiger partial charge on any atom is -0.324 e. The van der Waals surface area contributed by atoms with Crippen molar-refractivity contribution in [1.29, 1.82) is 0 Å². The number of benzene rings is 1. The van der Waals surface area contributed by atoms with E-state index in [0.717, 1.165) is 43.9 Å². The van der Waals surface area contributed by atoms with Crippen LogP contribution in [0.4, 0.5) is 5.69 Å². The number of hydrogen-bond donors (Lipinski definition) is 1.